The maximum Gasteiger partial charge on any atom is 0.259 e. The van der Waals surface area contributed by atoms with Crippen molar-refractivity contribution >= 4 is 34.8 Å². The Balaban J connectivity index is 1.32. The molecule has 33 heavy (non-hydrogen) atoms. The van der Waals surface area contributed by atoms with Gasteiger partial charge in [0.05, 0.1) is 11.9 Å². The molecule has 0 aliphatic carbocycles. The third-order valence-electron chi connectivity index (χ3n) is 6.08. The summed E-state index contributed by atoms with van der Waals surface area (Å²) in [4.78, 5) is 21.9. The van der Waals surface area contributed by atoms with Gasteiger partial charge in [-0.15, -0.1) is 0 Å². The van der Waals surface area contributed by atoms with Crippen LogP contribution >= 0.6 is 23.2 Å². The lowest BCUT2D eigenvalue weighted by Crippen LogP contribution is -2.48. The second kappa shape index (κ2) is 9.14. The average molecular weight is 480 g/mol. The van der Waals surface area contributed by atoms with Crippen LogP contribution in [0.2, 0.25) is 10.0 Å². The number of carbonyl (C=O) groups is 1. The summed E-state index contributed by atoms with van der Waals surface area (Å²) in [6, 6.07) is 15.7. The lowest BCUT2D eigenvalue weighted by atomic mass is 10.1. The van der Waals surface area contributed by atoms with Gasteiger partial charge in [0, 0.05) is 60.1 Å². The van der Waals surface area contributed by atoms with E-state index in [1.807, 2.05) is 29.2 Å². The Morgan fingerprint density at radius 1 is 0.970 bits per heavy atom. The summed E-state index contributed by atoms with van der Waals surface area (Å²) < 4.78 is 1.74. The first-order valence-corrected chi connectivity index (χ1v) is 11.6. The topological polar surface area (TPSA) is 53.7 Å². The van der Waals surface area contributed by atoms with E-state index in [1.165, 1.54) is 5.56 Å². The van der Waals surface area contributed by atoms with Crippen LogP contribution in [-0.2, 0) is 6.54 Å². The number of benzene rings is 2. The molecule has 168 valence electrons. The largest absolute Gasteiger partial charge is 0.336 e. The zero-order valence-electron chi connectivity index (χ0n) is 18.2. The predicted molar refractivity (Wildman–Crippen MR) is 131 cm³/mol. The molecule has 0 saturated carbocycles. The number of piperazine rings is 1. The Bertz CT molecular complexity index is 1290. The molecule has 1 saturated heterocycles. The molecule has 1 aliphatic rings. The van der Waals surface area contributed by atoms with E-state index < -0.39 is 0 Å². The molecule has 0 radical (unpaired) electrons. The fourth-order valence-corrected chi connectivity index (χ4v) is 4.69. The van der Waals surface area contributed by atoms with Crippen molar-refractivity contribution in [3.8, 4) is 11.3 Å². The molecule has 5 rings (SSSR count). The zero-order chi connectivity index (χ0) is 22.9. The normalized spacial score (nSPS) is 14.7. The van der Waals surface area contributed by atoms with Crippen molar-refractivity contribution in [3.63, 3.8) is 0 Å². The number of aryl methyl sites for hydroxylation is 1. The van der Waals surface area contributed by atoms with Gasteiger partial charge in [0.2, 0.25) is 0 Å². The molecule has 3 heterocycles. The van der Waals surface area contributed by atoms with Crippen LogP contribution in [-0.4, -0.2) is 56.5 Å². The van der Waals surface area contributed by atoms with Crippen molar-refractivity contribution in [1.29, 1.82) is 0 Å². The second-order valence-corrected chi connectivity index (χ2v) is 9.07. The van der Waals surface area contributed by atoms with Crippen LogP contribution in [0.4, 0.5) is 0 Å². The lowest BCUT2D eigenvalue weighted by molar-refractivity contribution is 0.0630. The summed E-state index contributed by atoms with van der Waals surface area (Å²) in [5.41, 5.74) is 5.14. The molecule has 4 aromatic rings. The van der Waals surface area contributed by atoms with Crippen LogP contribution in [0.1, 0.15) is 21.5 Å². The Morgan fingerprint density at radius 3 is 2.36 bits per heavy atom. The second-order valence-electron chi connectivity index (χ2n) is 8.26. The Morgan fingerprint density at radius 2 is 1.67 bits per heavy atom. The quantitative estimate of drug-likeness (QED) is 0.414. The molecular weight excluding hydrogens is 457 g/mol. The summed E-state index contributed by atoms with van der Waals surface area (Å²) in [5.74, 6) is -0.0472. The molecule has 6 nitrogen and oxygen atoms in total. The average Bonchev–Trinajstić information content (AvgIpc) is 3.26. The molecule has 0 unspecified atom stereocenters. The van der Waals surface area contributed by atoms with Crippen LogP contribution in [0.5, 0.6) is 0 Å². The highest BCUT2D eigenvalue weighted by Crippen LogP contribution is 2.26. The molecule has 0 atom stereocenters. The van der Waals surface area contributed by atoms with Crippen LogP contribution in [0, 0.1) is 6.92 Å². The molecule has 0 spiro atoms. The van der Waals surface area contributed by atoms with E-state index >= 15 is 0 Å². The smallest absolute Gasteiger partial charge is 0.259 e. The number of amides is 1. The van der Waals surface area contributed by atoms with Gasteiger partial charge in [-0.25, -0.2) is 9.50 Å². The van der Waals surface area contributed by atoms with Crippen LogP contribution in [0.15, 0.2) is 60.9 Å². The van der Waals surface area contributed by atoms with Gasteiger partial charge < -0.3 is 4.90 Å². The Kier molecular flexibility index (Phi) is 6.06. The van der Waals surface area contributed by atoms with Crippen LogP contribution < -0.4 is 0 Å². The van der Waals surface area contributed by atoms with Gasteiger partial charge in [-0.1, -0.05) is 59.1 Å². The highest BCUT2D eigenvalue weighted by molar-refractivity contribution is 6.35. The van der Waals surface area contributed by atoms with Gasteiger partial charge in [0.15, 0.2) is 5.65 Å². The molecule has 1 fully saturated rings. The van der Waals surface area contributed by atoms with Gasteiger partial charge >= 0.3 is 0 Å². The number of nitrogens with zero attached hydrogens (tertiary/aromatic N) is 5. The first-order chi connectivity index (χ1) is 16.0. The Hall–Kier alpha value is -2.93. The van der Waals surface area contributed by atoms with Crippen LogP contribution in [0.25, 0.3) is 16.9 Å². The molecule has 2 aromatic heterocycles. The maximum atomic E-state index is 13.3. The van der Waals surface area contributed by atoms with Crippen molar-refractivity contribution in [1.82, 2.24) is 24.4 Å². The van der Waals surface area contributed by atoms with Gasteiger partial charge in [-0.05, 0) is 25.1 Å². The Labute approximate surface area is 202 Å². The minimum atomic E-state index is -0.0472. The van der Waals surface area contributed by atoms with Gasteiger partial charge in [0.1, 0.15) is 5.56 Å². The number of hydrogen-bond acceptors (Lipinski definition) is 4. The number of rotatable bonds is 4. The minimum Gasteiger partial charge on any atom is -0.336 e. The van der Waals surface area contributed by atoms with Crippen molar-refractivity contribution in [2.75, 3.05) is 26.2 Å². The summed E-state index contributed by atoms with van der Waals surface area (Å²) in [5, 5.41) is 5.83. The fourth-order valence-electron chi connectivity index (χ4n) is 4.17. The summed E-state index contributed by atoms with van der Waals surface area (Å²) in [7, 11) is 0. The van der Waals surface area contributed by atoms with Crippen molar-refractivity contribution in [2.45, 2.75) is 13.5 Å². The maximum absolute atomic E-state index is 13.3. The highest BCUT2D eigenvalue weighted by atomic mass is 35.5. The lowest BCUT2D eigenvalue weighted by Gasteiger charge is -2.34. The van der Waals surface area contributed by atoms with Gasteiger partial charge in [0.25, 0.3) is 5.91 Å². The van der Waals surface area contributed by atoms with Gasteiger partial charge in [-0.2, -0.15) is 5.10 Å². The van der Waals surface area contributed by atoms with E-state index in [9.17, 15) is 4.79 Å². The van der Waals surface area contributed by atoms with Crippen molar-refractivity contribution < 1.29 is 4.79 Å². The fraction of sp³-hybridized carbons (Fsp3) is 0.240. The van der Waals surface area contributed by atoms with E-state index in [0.717, 1.165) is 29.9 Å². The molecule has 0 N–H and O–H groups in total. The molecule has 0 bridgehead atoms. The van der Waals surface area contributed by atoms with E-state index in [4.69, 9.17) is 23.2 Å². The third-order valence-corrected chi connectivity index (χ3v) is 6.79. The number of fused-ring (bicyclic) bond motifs is 1. The first kappa shape index (κ1) is 21.9. The monoisotopic (exact) mass is 479 g/mol. The number of aromatic nitrogens is 3. The molecule has 8 heteroatoms. The first-order valence-electron chi connectivity index (χ1n) is 10.9. The SMILES string of the molecule is Cc1ccc(-c2ccnc3c(C(=O)N4CCN(Cc5c(Cl)cccc5Cl)CC4)cnn23)cc1. The highest BCUT2D eigenvalue weighted by Gasteiger charge is 2.26. The van der Waals surface area contributed by atoms with Crippen LogP contribution in [0.3, 0.4) is 0 Å². The predicted octanol–water partition coefficient (Wildman–Crippen LogP) is 4.97. The molecule has 2 aromatic carbocycles. The number of halogens is 2. The molecule has 1 amide bonds. The van der Waals surface area contributed by atoms with E-state index in [-0.39, 0.29) is 5.91 Å². The number of hydrogen-bond donors (Lipinski definition) is 0. The van der Waals surface area contributed by atoms with E-state index in [1.54, 1.807) is 16.9 Å². The minimum absolute atomic E-state index is 0.0472. The molecular formula is C25H23Cl2N5O. The molecule has 1 aliphatic heterocycles. The van der Waals surface area contributed by atoms with Crippen molar-refractivity contribution in [3.05, 3.63) is 87.7 Å². The van der Waals surface area contributed by atoms with E-state index in [2.05, 4.69) is 46.2 Å². The standard InChI is InChI=1S/C25H23Cl2N5O/c1-17-5-7-18(8-6-17)23-9-10-28-24-19(15-29-32(23)24)25(33)31-13-11-30(12-14-31)16-20-21(26)3-2-4-22(20)27/h2-10,15H,11-14,16H2,1H3. The van der Waals surface area contributed by atoms with Gasteiger partial charge in [-0.3, -0.25) is 9.69 Å². The van der Waals surface area contributed by atoms with Crippen molar-refractivity contribution in [2.24, 2.45) is 0 Å². The van der Waals surface area contributed by atoms with E-state index in [0.29, 0.717) is 40.9 Å². The summed E-state index contributed by atoms with van der Waals surface area (Å²) in [6.45, 7) is 5.45. The number of carbonyl (C=O) groups excluding carboxylic acids is 1. The third kappa shape index (κ3) is 4.34. The zero-order valence-corrected chi connectivity index (χ0v) is 19.7. The summed E-state index contributed by atoms with van der Waals surface area (Å²) in [6.07, 6.45) is 3.35. The summed E-state index contributed by atoms with van der Waals surface area (Å²) >= 11 is 12.6.